The summed E-state index contributed by atoms with van der Waals surface area (Å²) in [6.07, 6.45) is -2.59. The van der Waals surface area contributed by atoms with Crippen molar-refractivity contribution < 1.29 is 23.4 Å². The molecule has 0 saturated heterocycles. The molecule has 0 bridgehead atoms. The molecular weight excluding hydrogens is 354 g/mol. The van der Waals surface area contributed by atoms with E-state index >= 15 is 0 Å². The van der Waals surface area contributed by atoms with Crippen LogP contribution >= 0.6 is 11.6 Å². The Kier molecular flexibility index (Phi) is 4.59. The number of aromatic carboxylic acids is 1. The highest BCUT2D eigenvalue weighted by molar-refractivity contribution is 6.32. The zero-order valence-electron chi connectivity index (χ0n) is 13.0. The lowest BCUT2D eigenvalue weighted by atomic mass is 10.1. The number of fused-ring (bicyclic) bond motifs is 1. The molecule has 2 aromatic carbocycles. The number of carbonyl (C=O) groups is 1. The maximum atomic E-state index is 12.8. The molecule has 5 nitrogen and oxygen atoms in total. The fourth-order valence-electron chi connectivity index (χ4n) is 2.61. The summed E-state index contributed by atoms with van der Waals surface area (Å²) in [5.74, 6) is -0.643. The third kappa shape index (κ3) is 3.28. The van der Waals surface area contributed by atoms with Crippen LogP contribution in [0.15, 0.2) is 36.4 Å². The summed E-state index contributed by atoms with van der Waals surface area (Å²) in [6.45, 7) is -0.590. The molecule has 0 atom stereocenters. The largest absolute Gasteiger partial charge is 0.495 e. The van der Waals surface area contributed by atoms with Crippen molar-refractivity contribution in [1.82, 2.24) is 9.78 Å². The quantitative estimate of drug-likeness (QED) is 0.730. The maximum absolute atomic E-state index is 12.8. The van der Waals surface area contributed by atoms with Gasteiger partial charge in [0, 0.05) is 10.9 Å². The summed E-state index contributed by atoms with van der Waals surface area (Å²) in [6, 6.07) is 9.17. The first-order valence-corrected chi connectivity index (χ1v) is 7.64. The van der Waals surface area contributed by atoms with Crippen LogP contribution in [-0.4, -0.2) is 34.4 Å². The summed E-state index contributed by atoms with van der Waals surface area (Å²) < 4.78 is 31.9. The van der Waals surface area contributed by atoms with Crippen molar-refractivity contribution in [1.29, 1.82) is 0 Å². The number of carboxylic acids is 1. The molecule has 0 fully saturated rings. The van der Waals surface area contributed by atoms with E-state index in [1.807, 2.05) is 0 Å². The second kappa shape index (κ2) is 6.68. The molecule has 1 N–H and O–H groups in total. The molecule has 1 heterocycles. The minimum absolute atomic E-state index is 0.0463. The van der Waals surface area contributed by atoms with Gasteiger partial charge in [-0.2, -0.15) is 5.10 Å². The van der Waals surface area contributed by atoms with E-state index in [2.05, 4.69) is 5.10 Å². The molecule has 0 aliphatic carbocycles. The van der Waals surface area contributed by atoms with Crippen molar-refractivity contribution >= 4 is 28.5 Å². The number of alkyl halides is 2. The summed E-state index contributed by atoms with van der Waals surface area (Å²) >= 11 is 6.13. The number of ether oxygens (including phenoxy) is 1. The zero-order chi connectivity index (χ0) is 18.1. The SMILES string of the molecule is COc1ccc(-c2nn(CC(F)F)c3ccc(C(=O)O)cc23)cc1Cl. The summed E-state index contributed by atoms with van der Waals surface area (Å²) in [4.78, 5) is 11.2. The molecule has 0 radical (unpaired) electrons. The first kappa shape index (κ1) is 17.2. The van der Waals surface area contributed by atoms with Crippen LogP contribution in [0, 0.1) is 0 Å². The molecule has 0 unspecified atom stereocenters. The Morgan fingerprint density at radius 1 is 1.32 bits per heavy atom. The van der Waals surface area contributed by atoms with Crippen LogP contribution in [0.2, 0.25) is 5.02 Å². The summed E-state index contributed by atoms with van der Waals surface area (Å²) in [5.41, 5.74) is 1.42. The summed E-state index contributed by atoms with van der Waals surface area (Å²) in [5, 5.41) is 14.2. The number of hydrogen-bond donors (Lipinski definition) is 1. The topological polar surface area (TPSA) is 64.4 Å². The van der Waals surface area contributed by atoms with E-state index in [9.17, 15) is 18.7 Å². The van der Waals surface area contributed by atoms with Crippen molar-refractivity contribution in [3.8, 4) is 17.0 Å². The number of halogens is 3. The fourth-order valence-corrected chi connectivity index (χ4v) is 2.87. The lowest BCUT2D eigenvalue weighted by Crippen LogP contribution is -2.08. The van der Waals surface area contributed by atoms with E-state index in [4.69, 9.17) is 16.3 Å². The highest BCUT2D eigenvalue weighted by Gasteiger charge is 2.18. The van der Waals surface area contributed by atoms with E-state index in [1.54, 1.807) is 18.2 Å². The fraction of sp³-hybridized carbons (Fsp3) is 0.176. The first-order chi connectivity index (χ1) is 11.9. The van der Waals surface area contributed by atoms with Gasteiger partial charge in [0.2, 0.25) is 0 Å². The minimum atomic E-state index is -2.59. The van der Waals surface area contributed by atoms with Gasteiger partial charge in [-0.1, -0.05) is 11.6 Å². The van der Waals surface area contributed by atoms with Crippen molar-refractivity contribution in [2.75, 3.05) is 7.11 Å². The van der Waals surface area contributed by atoms with Gasteiger partial charge in [0.05, 0.1) is 23.2 Å². The van der Waals surface area contributed by atoms with Crippen molar-refractivity contribution in [3.63, 3.8) is 0 Å². The number of hydrogen-bond acceptors (Lipinski definition) is 3. The maximum Gasteiger partial charge on any atom is 0.335 e. The Morgan fingerprint density at radius 2 is 2.08 bits per heavy atom. The lowest BCUT2D eigenvalue weighted by Gasteiger charge is -2.05. The average molecular weight is 367 g/mol. The van der Waals surface area contributed by atoms with Crippen molar-refractivity contribution in [3.05, 3.63) is 47.0 Å². The Hall–Kier alpha value is -2.67. The molecule has 0 amide bonds. The van der Waals surface area contributed by atoms with Crippen LogP contribution in [0.3, 0.4) is 0 Å². The van der Waals surface area contributed by atoms with Gasteiger partial charge in [-0.15, -0.1) is 0 Å². The van der Waals surface area contributed by atoms with Crippen LogP contribution in [0.25, 0.3) is 22.2 Å². The van der Waals surface area contributed by atoms with Gasteiger partial charge in [0.15, 0.2) is 0 Å². The van der Waals surface area contributed by atoms with Gasteiger partial charge in [0.1, 0.15) is 18.0 Å². The third-order valence-electron chi connectivity index (χ3n) is 3.73. The van der Waals surface area contributed by atoms with Crippen LogP contribution in [-0.2, 0) is 6.54 Å². The van der Waals surface area contributed by atoms with Gasteiger partial charge in [-0.05, 0) is 36.4 Å². The standard InChI is InChI=1S/C17H13ClF2N2O3/c1-25-14-5-3-9(7-12(14)18)16-11-6-10(17(23)24)2-4-13(11)22(21-16)8-15(19)20/h2-7,15H,8H2,1H3,(H,23,24). The molecular formula is C17H13ClF2N2O3. The number of aromatic nitrogens is 2. The predicted octanol–water partition coefficient (Wildman–Crippen LogP) is 4.33. The van der Waals surface area contributed by atoms with E-state index < -0.39 is 18.9 Å². The number of methoxy groups -OCH3 is 1. The second-order valence-corrected chi connectivity index (χ2v) is 5.72. The van der Waals surface area contributed by atoms with Crippen molar-refractivity contribution in [2.24, 2.45) is 0 Å². The Balaban J connectivity index is 2.23. The number of rotatable bonds is 5. The molecule has 25 heavy (non-hydrogen) atoms. The third-order valence-corrected chi connectivity index (χ3v) is 4.03. The molecule has 0 aliphatic rings. The smallest absolute Gasteiger partial charge is 0.335 e. The van der Waals surface area contributed by atoms with E-state index in [0.717, 1.165) is 0 Å². The average Bonchev–Trinajstić information content (AvgIpc) is 2.92. The second-order valence-electron chi connectivity index (χ2n) is 5.31. The summed E-state index contributed by atoms with van der Waals surface area (Å²) in [7, 11) is 1.48. The first-order valence-electron chi connectivity index (χ1n) is 7.26. The molecule has 0 saturated carbocycles. The molecule has 130 valence electrons. The van der Waals surface area contributed by atoms with Crippen molar-refractivity contribution in [2.45, 2.75) is 13.0 Å². The number of carboxylic acid groups (broad SMARTS) is 1. The highest BCUT2D eigenvalue weighted by Crippen LogP contribution is 2.34. The molecule has 3 rings (SSSR count). The van der Waals surface area contributed by atoms with Crippen LogP contribution in [0.4, 0.5) is 8.78 Å². The van der Waals surface area contributed by atoms with Gasteiger partial charge >= 0.3 is 5.97 Å². The van der Waals surface area contributed by atoms with Gasteiger partial charge in [-0.3, -0.25) is 4.68 Å². The minimum Gasteiger partial charge on any atom is -0.495 e. The number of benzene rings is 2. The number of nitrogens with zero attached hydrogens (tertiary/aromatic N) is 2. The van der Waals surface area contributed by atoms with Crippen LogP contribution in [0.5, 0.6) is 5.75 Å². The molecule has 1 aromatic heterocycles. The molecule has 0 spiro atoms. The molecule has 8 heteroatoms. The van der Waals surface area contributed by atoms with Gasteiger partial charge in [-0.25, -0.2) is 13.6 Å². The molecule has 3 aromatic rings. The zero-order valence-corrected chi connectivity index (χ0v) is 13.8. The Labute approximate surface area is 146 Å². The van der Waals surface area contributed by atoms with Gasteiger partial charge in [0.25, 0.3) is 6.43 Å². The molecule has 0 aliphatic heterocycles. The normalized spacial score (nSPS) is 11.2. The van der Waals surface area contributed by atoms with E-state index in [0.29, 0.717) is 32.9 Å². The predicted molar refractivity (Wildman–Crippen MR) is 89.7 cm³/mol. The lowest BCUT2D eigenvalue weighted by molar-refractivity contribution is 0.0697. The van der Waals surface area contributed by atoms with E-state index in [-0.39, 0.29) is 5.56 Å². The highest BCUT2D eigenvalue weighted by atomic mass is 35.5. The van der Waals surface area contributed by atoms with Crippen LogP contribution in [0.1, 0.15) is 10.4 Å². The van der Waals surface area contributed by atoms with E-state index in [1.165, 1.54) is 30.0 Å². The Morgan fingerprint density at radius 3 is 2.68 bits per heavy atom. The van der Waals surface area contributed by atoms with Gasteiger partial charge < -0.3 is 9.84 Å². The Bertz CT molecular complexity index is 956. The monoisotopic (exact) mass is 366 g/mol. The van der Waals surface area contributed by atoms with Crippen LogP contribution < -0.4 is 4.74 Å².